The molecule has 1 atom stereocenters. The van der Waals surface area contributed by atoms with Crippen molar-refractivity contribution in [3.8, 4) is 0 Å². The van der Waals surface area contributed by atoms with Gasteiger partial charge in [-0.25, -0.2) is 0 Å². The van der Waals surface area contributed by atoms with E-state index in [0.717, 1.165) is 0 Å². The van der Waals surface area contributed by atoms with E-state index in [1.165, 1.54) is 10.4 Å². The van der Waals surface area contributed by atoms with Crippen LogP contribution in [-0.4, -0.2) is 38.9 Å². The van der Waals surface area contributed by atoms with Gasteiger partial charge in [-0.3, -0.25) is 0 Å². The number of hydrogen-bond donors (Lipinski definition) is 0. The third kappa shape index (κ3) is 3.90. The zero-order valence-corrected chi connectivity index (χ0v) is 19.7. The molecule has 0 heterocycles. The van der Waals surface area contributed by atoms with Crippen LogP contribution in [-0.2, 0) is 8.85 Å². The molecule has 0 aliphatic carbocycles. The maximum absolute atomic E-state index is 6.62. The Labute approximate surface area is 156 Å². The van der Waals surface area contributed by atoms with E-state index in [1.54, 1.807) is 0 Å². The first-order valence-electron chi connectivity index (χ1n) is 8.91. The van der Waals surface area contributed by atoms with Crippen molar-refractivity contribution in [1.82, 2.24) is 0 Å². The Kier molecular flexibility index (Phi) is 6.27. The maximum atomic E-state index is 6.62. The van der Waals surface area contributed by atoms with Crippen molar-refractivity contribution in [3.05, 3.63) is 60.7 Å². The van der Waals surface area contributed by atoms with E-state index in [4.69, 9.17) is 8.85 Å². The van der Waals surface area contributed by atoms with Crippen LogP contribution in [0, 0.1) is 0 Å². The summed E-state index contributed by atoms with van der Waals surface area (Å²) in [5.41, 5.74) is 0. The molecule has 0 spiro atoms. The summed E-state index contributed by atoms with van der Waals surface area (Å²) >= 11 is 0. The molecule has 2 aromatic rings. The molecule has 136 valence electrons. The highest BCUT2D eigenvalue weighted by molar-refractivity contribution is 7.18. The van der Waals surface area contributed by atoms with Crippen LogP contribution in [0.15, 0.2) is 60.7 Å². The molecular weight excluding hydrogens is 356 g/mol. The van der Waals surface area contributed by atoms with Crippen LogP contribution in [0.25, 0.3) is 0 Å². The lowest BCUT2D eigenvalue weighted by Crippen LogP contribution is -2.73. The van der Waals surface area contributed by atoms with Crippen LogP contribution in [0.3, 0.4) is 0 Å². The summed E-state index contributed by atoms with van der Waals surface area (Å²) in [5.74, 6) is 0. The zero-order chi connectivity index (χ0) is 18.7. The van der Waals surface area contributed by atoms with Crippen molar-refractivity contribution < 1.29 is 8.85 Å². The molecule has 5 heteroatoms. The molecule has 0 aromatic heterocycles. The molecule has 2 nitrogen and oxygen atoms in total. The summed E-state index contributed by atoms with van der Waals surface area (Å²) in [4.78, 5) is 0.493. The van der Waals surface area contributed by atoms with Crippen LogP contribution < -0.4 is 10.4 Å². The minimum absolute atomic E-state index is 0.493. The van der Waals surface area contributed by atoms with Gasteiger partial charge in [0.15, 0.2) is 8.32 Å². The molecule has 0 aliphatic rings. The Balaban J connectivity index is 2.86. The highest BCUT2D eigenvalue weighted by Crippen LogP contribution is 2.40. The highest BCUT2D eigenvalue weighted by Gasteiger charge is 2.59. The van der Waals surface area contributed by atoms with Crippen LogP contribution in [0.2, 0.25) is 37.5 Å². The predicted molar refractivity (Wildman–Crippen MR) is 117 cm³/mol. The number of hydrogen-bond acceptors (Lipinski definition) is 2. The lowest BCUT2D eigenvalue weighted by atomic mass is 10.4. The van der Waals surface area contributed by atoms with Crippen LogP contribution in [0.1, 0.15) is 0 Å². The summed E-state index contributed by atoms with van der Waals surface area (Å²) in [6.07, 6.45) is 0. The third-order valence-electron chi connectivity index (χ3n) is 5.22. The van der Waals surface area contributed by atoms with Gasteiger partial charge < -0.3 is 8.85 Å². The largest absolute Gasteiger partial charge is 0.421 e. The minimum Gasteiger partial charge on any atom is -0.421 e. The second-order valence-corrected chi connectivity index (χ2v) is 23.1. The monoisotopic (exact) mass is 388 g/mol. The van der Waals surface area contributed by atoms with E-state index < -0.39 is 24.7 Å². The minimum atomic E-state index is -2.44. The van der Waals surface area contributed by atoms with Gasteiger partial charge in [-0.2, -0.15) is 0 Å². The Morgan fingerprint density at radius 3 is 1.32 bits per heavy atom. The average Bonchev–Trinajstić information content (AvgIpc) is 2.59. The lowest BCUT2D eigenvalue weighted by molar-refractivity contribution is 0.388. The fourth-order valence-corrected chi connectivity index (χ4v) is 28.4. The van der Waals surface area contributed by atoms with E-state index in [-0.39, 0.29) is 0 Å². The van der Waals surface area contributed by atoms with Crippen molar-refractivity contribution in [2.75, 3.05) is 14.2 Å². The highest BCUT2D eigenvalue weighted by atomic mass is 28.5. The summed E-state index contributed by atoms with van der Waals surface area (Å²) in [6, 6.07) is 21.8. The molecule has 0 N–H and O–H groups in total. The fourth-order valence-electron chi connectivity index (χ4n) is 4.49. The van der Waals surface area contributed by atoms with Crippen LogP contribution >= 0.6 is 0 Å². The molecule has 2 aromatic carbocycles. The molecule has 0 fully saturated rings. The molecule has 2 rings (SSSR count). The molecule has 0 bridgehead atoms. The van der Waals surface area contributed by atoms with Gasteiger partial charge in [-0.05, 0) is 28.3 Å². The SMILES string of the molecule is CO[Si](C)(C)C([Si](C)(C)C)[Si](OC)(c1ccccc1)c1ccccc1. The predicted octanol–water partition coefficient (Wildman–Crippen LogP) is 4.03. The summed E-state index contributed by atoms with van der Waals surface area (Å²) < 4.78 is 12.8. The standard InChI is InChI=1S/C20H32O2Si3/c1-21-24(6,7)20(23(3,4)5)25(22-2,18-14-10-8-11-15-18)19-16-12-9-13-17-19/h8-17,20H,1-7H3. The Morgan fingerprint density at radius 2 is 1.04 bits per heavy atom. The fraction of sp³-hybridized carbons (Fsp3) is 0.400. The Morgan fingerprint density at radius 1 is 0.640 bits per heavy atom. The van der Waals surface area contributed by atoms with Crippen molar-refractivity contribution in [2.45, 2.75) is 37.5 Å². The van der Waals surface area contributed by atoms with E-state index in [1.807, 2.05) is 14.2 Å². The van der Waals surface area contributed by atoms with Gasteiger partial charge in [0.2, 0.25) is 0 Å². The van der Waals surface area contributed by atoms with E-state index in [9.17, 15) is 0 Å². The van der Waals surface area contributed by atoms with Gasteiger partial charge in [-0.1, -0.05) is 80.3 Å². The van der Waals surface area contributed by atoms with Crippen molar-refractivity contribution in [3.63, 3.8) is 0 Å². The van der Waals surface area contributed by atoms with Gasteiger partial charge >= 0.3 is 0 Å². The number of benzene rings is 2. The average molecular weight is 389 g/mol. The summed E-state index contributed by atoms with van der Waals surface area (Å²) in [5, 5.41) is 2.71. The van der Waals surface area contributed by atoms with E-state index >= 15 is 0 Å². The first kappa shape index (κ1) is 20.3. The first-order chi connectivity index (χ1) is 11.7. The first-order valence-corrected chi connectivity index (χ1v) is 17.5. The van der Waals surface area contributed by atoms with Crippen molar-refractivity contribution in [2.24, 2.45) is 0 Å². The Hall–Kier alpha value is -0.989. The van der Waals surface area contributed by atoms with Gasteiger partial charge in [0.1, 0.15) is 0 Å². The molecule has 25 heavy (non-hydrogen) atoms. The van der Waals surface area contributed by atoms with Gasteiger partial charge in [-0.15, -0.1) is 0 Å². The van der Waals surface area contributed by atoms with Crippen molar-refractivity contribution in [1.29, 1.82) is 0 Å². The normalized spacial score (nSPS) is 14.4. The zero-order valence-electron chi connectivity index (χ0n) is 16.7. The second kappa shape index (κ2) is 7.72. The Bertz CT molecular complexity index is 627. The molecule has 0 amide bonds. The quantitative estimate of drug-likeness (QED) is 0.667. The molecular formula is C20H32O2Si3. The summed E-state index contributed by atoms with van der Waals surface area (Å²) in [7, 11) is -2.19. The van der Waals surface area contributed by atoms with Crippen LogP contribution in [0.5, 0.6) is 0 Å². The van der Waals surface area contributed by atoms with E-state index in [2.05, 4.69) is 93.4 Å². The molecule has 0 radical (unpaired) electrons. The maximum Gasteiger partial charge on any atom is 0.255 e. The molecule has 0 saturated carbocycles. The smallest absolute Gasteiger partial charge is 0.255 e. The van der Waals surface area contributed by atoms with Gasteiger partial charge in [0, 0.05) is 22.3 Å². The molecule has 0 aliphatic heterocycles. The molecule has 0 saturated heterocycles. The topological polar surface area (TPSA) is 18.5 Å². The van der Waals surface area contributed by atoms with Crippen molar-refractivity contribution >= 4 is 35.1 Å². The second-order valence-electron chi connectivity index (χ2n) is 8.28. The third-order valence-corrected chi connectivity index (χ3v) is 25.0. The van der Waals surface area contributed by atoms with Crippen LogP contribution in [0.4, 0.5) is 0 Å². The lowest BCUT2D eigenvalue weighted by Gasteiger charge is -2.49. The van der Waals surface area contributed by atoms with Gasteiger partial charge in [0.25, 0.3) is 8.32 Å². The summed E-state index contributed by atoms with van der Waals surface area (Å²) in [6.45, 7) is 12.1. The molecule has 1 unspecified atom stereocenters. The number of rotatable bonds is 7. The van der Waals surface area contributed by atoms with Gasteiger partial charge in [0.05, 0.1) is 0 Å². The van der Waals surface area contributed by atoms with E-state index in [0.29, 0.717) is 4.79 Å².